The quantitative estimate of drug-likeness (QED) is 0.238. The van der Waals surface area contributed by atoms with E-state index in [0.29, 0.717) is 33.9 Å². The number of hydrogen-bond acceptors (Lipinski definition) is 4. The average molecular weight is 507 g/mol. The number of benzene rings is 4. The fourth-order valence-electron chi connectivity index (χ4n) is 3.67. The highest BCUT2D eigenvalue weighted by Crippen LogP contribution is 2.20. The lowest BCUT2D eigenvalue weighted by Gasteiger charge is -2.13. The lowest BCUT2D eigenvalue weighted by molar-refractivity contribution is -0.121. The van der Waals surface area contributed by atoms with E-state index in [2.05, 4.69) is 21.3 Å². The third kappa shape index (κ3) is 7.14. The molecule has 0 atom stereocenters. The molecule has 190 valence electrons. The molecule has 0 aliphatic rings. The summed E-state index contributed by atoms with van der Waals surface area (Å²) in [7, 11) is 0. The summed E-state index contributed by atoms with van der Waals surface area (Å²) in [5.74, 6) is -1.57. The van der Waals surface area contributed by atoms with Crippen molar-refractivity contribution in [3.05, 3.63) is 120 Å². The third-order valence-electron chi connectivity index (χ3n) is 5.53. The van der Waals surface area contributed by atoms with Crippen molar-refractivity contribution in [2.24, 2.45) is 0 Å². The Bertz CT molecular complexity index is 1330. The summed E-state index contributed by atoms with van der Waals surface area (Å²) in [6.45, 7) is 0. The van der Waals surface area contributed by atoms with Crippen molar-refractivity contribution >= 4 is 46.4 Å². The van der Waals surface area contributed by atoms with Crippen LogP contribution in [0.25, 0.3) is 0 Å². The Kier molecular flexibility index (Phi) is 8.60. The lowest BCUT2D eigenvalue weighted by atomic mass is 10.1. The van der Waals surface area contributed by atoms with Crippen LogP contribution in [-0.4, -0.2) is 23.6 Å². The summed E-state index contributed by atoms with van der Waals surface area (Å²) in [4.78, 5) is 50.6. The van der Waals surface area contributed by atoms with Gasteiger partial charge in [-0.3, -0.25) is 19.2 Å². The first-order valence-corrected chi connectivity index (χ1v) is 12.0. The van der Waals surface area contributed by atoms with Gasteiger partial charge in [0, 0.05) is 24.2 Å². The van der Waals surface area contributed by atoms with Crippen molar-refractivity contribution < 1.29 is 19.2 Å². The zero-order valence-electron chi connectivity index (χ0n) is 20.4. The molecular formula is C30H26N4O4. The highest BCUT2D eigenvalue weighted by atomic mass is 16.2. The Morgan fingerprint density at radius 1 is 0.421 bits per heavy atom. The van der Waals surface area contributed by atoms with Gasteiger partial charge in [-0.15, -0.1) is 0 Å². The van der Waals surface area contributed by atoms with E-state index >= 15 is 0 Å². The number of hydrogen-bond donors (Lipinski definition) is 4. The van der Waals surface area contributed by atoms with E-state index < -0.39 is 11.8 Å². The van der Waals surface area contributed by atoms with Gasteiger partial charge in [-0.25, -0.2) is 0 Å². The predicted molar refractivity (Wildman–Crippen MR) is 148 cm³/mol. The zero-order chi connectivity index (χ0) is 26.7. The molecule has 0 saturated carbocycles. The van der Waals surface area contributed by atoms with Crippen LogP contribution in [0.2, 0.25) is 0 Å². The molecule has 0 aromatic heterocycles. The molecular weight excluding hydrogens is 480 g/mol. The van der Waals surface area contributed by atoms with Crippen LogP contribution in [0.5, 0.6) is 0 Å². The molecule has 0 heterocycles. The van der Waals surface area contributed by atoms with E-state index in [-0.39, 0.29) is 24.7 Å². The van der Waals surface area contributed by atoms with Crippen molar-refractivity contribution in [2.45, 2.75) is 12.8 Å². The van der Waals surface area contributed by atoms with Crippen LogP contribution < -0.4 is 21.3 Å². The first-order valence-electron chi connectivity index (χ1n) is 12.0. The number of carbonyl (C=O) groups excluding carboxylic acids is 4. The van der Waals surface area contributed by atoms with E-state index in [9.17, 15) is 19.2 Å². The topological polar surface area (TPSA) is 116 Å². The molecule has 0 unspecified atom stereocenters. The molecule has 4 aromatic rings. The molecule has 8 nitrogen and oxygen atoms in total. The number of carbonyl (C=O) groups is 4. The Balaban J connectivity index is 1.33. The molecule has 4 N–H and O–H groups in total. The van der Waals surface area contributed by atoms with Crippen molar-refractivity contribution in [1.29, 1.82) is 0 Å². The largest absolute Gasteiger partial charge is 0.325 e. The minimum Gasteiger partial charge on any atom is -0.325 e. The maximum atomic E-state index is 12.7. The monoisotopic (exact) mass is 506 g/mol. The van der Waals surface area contributed by atoms with Crippen molar-refractivity contribution in [1.82, 2.24) is 0 Å². The van der Waals surface area contributed by atoms with Gasteiger partial charge in [-0.1, -0.05) is 60.7 Å². The van der Waals surface area contributed by atoms with Gasteiger partial charge in [0.05, 0.1) is 22.5 Å². The third-order valence-corrected chi connectivity index (χ3v) is 5.53. The minimum atomic E-state index is -0.421. The van der Waals surface area contributed by atoms with E-state index in [0.717, 1.165) is 0 Å². The van der Waals surface area contributed by atoms with Crippen LogP contribution in [0, 0.1) is 0 Å². The minimum absolute atomic E-state index is 0.112. The van der Waals surface area contributed by atoms with E-state index in [1.165, 1.54) is 0 Å². The van der Waals surface area contributed by atoms with Gasteiger partial charge in [0.2, 0.25) is 11.8 Å². The molecule has 4 rings (SSSR count). The number of anilines is 4. The fraction of sp³-hybridized carbons (Fsp3) is 0.0667. The standard InChI is InChI=1S/C30H26N4O4/c35-27(33-25-17-9-7-15-23(25)29(37)31-21-11-3-1-4-12-21)19-20-28(36)34-26-18-10-8-16-24(26)30(38)32-22-13-5-2-6-14-22/h1-18H,19-20H2,(H,31,37)(H,32,38)(H,33,35)(H,34,36). The molecule has 0 aliphatic heterocycles. The predicted octanol–water partition coefficient (Wildman–Crippen LogP) is 5.55. The van der Waals surface area contributed by atoms with E-state index in [4.69, 9.17) is 0 Å². The lowest BCUT2D eigenvalue weighted by Crippen LogP contribution is -2.21. The van der Waals surface area contributed by atoms with E-state index in [1.807, 2.05) is 36.4 Å². The summed E-state index contributed by atoms with van der Waals surface area (Å²) < 4.78 is 0. The van der Waals surface area contributed by atoms with Gasteiger partial charge in [0.25, 0.3) is 11.8 Å². The Hall–Kier alpha value is -5.24. The highest BCUT2D eigenvalue weighted by Gasteiger charge is 2.16. The highest BCUT2D eigenvalue weighted by molar-refractivity contribution is 6.11. The van der Waals surface area contributed by atoms with Gasteiger partial charge in [-0.2, -0.15) is 0 Å². The van der Waals surface area contributed by atoms with Crippen LogP contribution >= 0.6 is 0 Å². The molecule has 0 aliphatic carbocycles. The first-order chi connectivity index (χ1) is 18.5. The summed E-state index contributed by atoms with van der Waals surface area (Å²) in [5, 5.41) is 11.0. The fourth-order valence-corrected chi connectivity index (χ4v) is 3.67. The molecule has 38 heavy (non-hydrogen) atoms. The Morgan fingerprint density at radius 3 is 1.16 bits per heavy atom. The first kappa shape index (κ1) is 25.8. The maximum Gasteiger partial charge on any atom is 0.257 e. The van der Waals surface area contributed by atoms with Crippen LogP contribution in [0.3, 0.4) is 0 Å². The molecule has 0 saturated heterocycles. The normalized spacial score (nSPS) is 10.2. The Labute approximate surface area is 220 Å². The van der Waals surface area contributed by atoms with Crippen LogP contribution in [0.4, 0.5) is 22.7 Å². The Morgan fingerprint density at radius 2 is 0.763 bits per heavy atom. The molecule has 4 aromatic carbocycles. The number of para-hydroxylation sites is 4. The van der Waals surface area contributed by atoms with Gasteiger partial charge < -0.3 is 21.3 Å². The van der Waals surface area contributed by atoms with Gasteiger partial charge in [0.1, 0.15) is 0 Å². The van der Waals surface area contributed by atoms with Crippen LogP contribution in [0.1, 0.15) is 33.6 Å². The molecule has 8 heteroatoms. The molecule has 0 radical (unpaired) electrons. The van der Waals surface area contributed by atoms with E-state index in [1.54, 1.807) is 72.8 Å². The number of nitrogens with one attached hydrogen (secondary N) is 4. The smallest absolute Gasteiger partial charge is 0.257 e. The molecule has 0 spiro atoms. The van der Waals surface area contributed by atoms with Crippen LogP contribution in [0.15, 0.2) is 109 Å². The summed E-state index contributed by atoms with van der Waals surface area (Å²) in [5.41, 5.74) is 2.55. The number of rotatable bonds is 9. The molecule has 4 amide bonds. The van der Waals surface area contributed by atoms with Crippen LogP contribution in [-0.2, 0) is 9.59 Å². The van der Waals surface area contributed by atoms with Crippen molar-refractivity contribution in [2.75, 3.05) is 21.3 Å². The average Bonchev–Trinajstić information content (AvgIpc) is 2.93. The second-order valence-electron chi connectivity index (χ2n) is 8.33. The number of amides is 4. The second-order valence-corrected chi connectivity index (χ2v) is 8.33. The van der Waals surface area contributed by atoms with Gasteiger partial charge in [0.15, 0.2) is 0 Å². The molecule has 0 fully saturated rings. The van der Waals surface area contributed by atoms with Crippen molar-refractivity contribution in [3.8, 4) is 0 Å². The van der Waals surface area contributed by atoms with Crippen molar-refractivity contribution in [3.63, 3.8) is 0 Å². The van der Waals surface area contributed by atoms with Gasteiger partial charge in [-0.05, 0) is 48.5 Å². The summed E-state index contributed by atoms with van der Waals surface area (Å²) >= 11 is 0. The second kappa shape index (κ2) is 12.6. The SMILES string of the molecule is O=C(CCC(=O)Nc1ccccc1C(=O)Nc1ccccc1)Nc1ccccc1C(=O)Nc1ccccc1. The summed E-state index contributed by atoms with van der Waals surface area (Å²) in [6, 6.07) is 31.3. The zero-order valence-corrected chi connectivity index (χ0v) is 20.4. The summed E-state index contributed by atoms with van der Waals surface area (Å²) in [6.07, 6.45) is -0.225. The molecule has 0 bridgehead atoms. The maximum absolute atomic E-state index is 12.7. The van der Waals surface area contributed by atoms with Gasteiger partial charge >= 0.3 is 0 Å².